The molecule has 19 heavy (non-hydrogen) atoms. The molecule has 0 unspecified atom stereocenters. The van der Waals surface area contributed by atoms with Gasteiger partial charge in [-0.15, -0.1) is 6.58 Å². The number of quaternary nitrogens is 1. The molecule has 8 heteroatoms. The number of carbonyl (C=O) groups excluding carboxylic acids is 1. The largest absolute Gasteiger partial charge is 0.748 e. The van der Waals surface area contributed by atoms with Crippen LogP contribution in [0.25, 0.3) is 0 Å². The quantitative estimate of drug-likeness (QED) is 0.526. The predicted molar refractivity (Wildman–Crippen MR) is 68.9 cm³/mol. The molecule has 1 fully saturated rings. The number of hydrogen-bond donors (Lipinski definition) is 1. The van der Waals surface area contributed by atoms with E-state index in [2.05, 4.69) is 12.3 Å². The number of carbonyl (C=O) groups is 1. The Morgan fingerprint density at radius 3 is 2.47 bits per heavy atom. The number of nitrogens with zero attached hydrogens (tertiary/aromatic N) is 1. The van der Waals surface area contributed by atoms with E-state index >= 15 is 0 Å². The second kappa shape index (κ2) is 6.99. The van der Waals surface area contributed by atoms with Crippen LogP contribution in [0.3, 0.4) is 0 Å². The molecule has 1 rings (SSSR count). The van der Waals surface area contributed by atoms with Crippen LogP contribution in [-0.4, -0.2) is 55.0 Å². The summed E-state index contributed by atoms with van der Waals surface area (Å²) in [7, 11) is -3.92. The lowest BCUT2D eigenvalue weighted by Crippen LogP contribution is -2.61. The summed E-state index contributed by atoms with van der Waals surface area (Å²) in [6, 6.07) is 0.122. The van der Waals surface area contributed by atoms with Gasteiger partial charge in [-0.1, -0.05) is 6.08 Å². The zero-order chi connectivity index (χ0) is 15.3. The van der Waals surface area contributed by atoms with Gasteiger partial charge < -0.3 is 19.9 Å². The fourth-order valence-corrected chi connectivity index (χ4v) is 1.87. The van der Waals surface area contributed by atoms with Crippen LogP contribution in [0.5, 0.6) is 0 Å². The van der Waals surface area contributed by atoms with Gasteiger partial charge in [0.2, 0.25) is 0 Å². The van der Waals surface area contributed by atoms with Crippen molar-refractivity contribution >= 4 is 16.0 Å². The number of rotatable bonds is 3. The van der Waals surface area contributed by atoms with E-state index in [1.54, 1.807) is 4.90 Å². The fourth-order valence-electron chi connectivity index (χ4n) is 1.87. The van der Waals surface area contributed by atoms with Crippen LogP contribution in [0.4, 0.5) is 0 Å². The van der Waals surface area contributed by atoms with E-state index in [1.807, 2.05) is 19.9 Å². The molecule has 1 aliphatic heterocycles. The van der Waals surface area contributed by atoms with Gasteiger partial charge in [0.15, 0.2) is 6.54 Å². The lowest BCUT2D eigenvalue weighted by Gasteiger charge is -2.32. The first kappa shape index (κ1) is 18.0. The zero-order valence-electron chi connectivity index (χ0n) is 11.6. The second-order valence-electron chi connectivity index (χ2n) is 4.65. The van der Waals surface area contributed by atoms with Gasteiger partial charge in [-0.05, 0) is 20.3 Å². The lowest BCUT2D eigenvalue weighted by atomic mass is 10.1. The van der Waals surface area contributed by atoms with Gasteiger partial charge in [-0.3, -0.25) is 4.79 Å². The van der Waals surface area contributed by atoms with Crippen LogP contribution < -0.4 is 5.73 Å². The summed E-state index contributed by atoms with van der Waals surface area (Å²) in [5, 5.41) is 0. The van der Waals surface area contributed by atoms with E-state index < -0.39 is 15.8 Å². The minimum atomic E-state index is -3.92. The van der Waals surface area contributed by atoms with Crippen molar-refractivity contribution < 1.29 is 28.2 Å². The van der Waals surface area contributed by atoms with E-state index in [4.69, 9.17) is 17.7 Å². The van der Waals surface area contributed by atoms with Crippen molar-refractivity contribution in [1.82, 2.24) is 4.90 Å². The van der Waals surface area contributed by atoms with Crippen molar-refractivity contribution in [3.05, 3.63) is 12.7 Å². The molecule has 1 aliphatic rings. The van der Waals surface area contributed by atoms with Gasteiger partial charge >= 0.3 is 0 Å². The van der Waals surface area contributed by atoms with Gasteiger partial charge in [0, 0.05) is 6.26 Å². The van der Waals surface area contributed by atoms with Crippen LogP contribution in [-0.2, 0) is 19.6 Å². The smallest absolute Gasteiger partial charge is 0.280 e. The van der Waals surface area contributed by atoms with E-state index in [-0.39, 0.29) is 18.5 Å². The molecule has 1 saturated heterocycles. The van der Waals surface area contributed by atoms with Gasteiger partial charge in [0.25, 0.3) is 5.91 Å². The van der Waals surface area contributed by atoms with Gasteiger partial charge in [-0.25, -0.2) is 8.42 Å². The maximum atomic E-state index is 11.7. The van der Waals surface area contributed by atoms with Crippen LogP contribution in [0.15, 0.2) is 12.7 Å². The van der Waals surface area contributed by atoms with E-state index in [9.17, 15) is 4.79 Å². The van der Waals surface area contributed by atoms with Crippen molar-refractivity contribution in [3.63, 3.8) is 0 Å². The highest BCUT2D eigenvalue weighted by Crippen LogP contribution is 2.28. The summed E-state index contributed by atoms with van der Waals surface area (Å²) in [4.78, 5) is 13.4. The fraction of sp³-hybridized carbons (Fsp3) is 0.727. The van der Waals surface area contributed by atoms with E-state index in [1.165, 1.54) is 0 Å². The normalized spacial score (nSPS) is 21.5. The molecule has 1 amide bonds. The third-order valence-electron chi connectivity index (χ3n) is 2.50. The summed E-state index contributed by atoms with van der Waals surface area (Å²) in [5.41, 5.74) is 3.12. The molecular formula is C11H22N2O5S. The Bertz CT molecular complexity index is 411. The Morgan fingerprint density at radius 2 is 2.11 bits per heavy atom. The maximum Gasteiger partial charge on any atom is 0.280 e. The minimum absolute atomic E-state index is 0.0411. The summed E-state index contributed by atoms with van der Waals surface area (Å²) >= 11 is 0. The van der Waals surface area contributed by atoms with Crippen LogP contribution >= 0.6 is 0 Å². The van der Waals surface area contributed by atoms with E-state index in [0.29, 0.717) is 12.9 Å². The second-order valence-corrected chi connectivity index (χ2v) is 6.06. The molecule has 3 N–H and O–H groups in total. The highest BCUT2D eigenvalue weighted by atomic mass is 32.2. The van der Waals surface area contributed by atoms with Crippen molar-refractivity contribution in [2.75, 3.05) is 19.4 Å². The molecular weight excluding hydrogens is 272 g/mol. The molecule has 1 atom stereocenters. The molecule has 1 heterocycles. The third-order valence-corrected chi connectivity index (χ3v) is 2.50. The molecule has 0 bridgehead atoms. The summed E-state index contributed by atoms with van der Waals surface area (Å²) in [5.74, 6) is 0.0411. The predicted octanol–water partition coefficient (Wildman–Crippen LogP) is -1.07. The molecule has 0 saturated carbocycles. The Hall–Kier alpha value is -0.960. The lowest BCUT2D eigenvalue weighted by molar-refractivity contribution is -0.358. The van der Waals surface area contributed by atoms with Gasteiger partial charge in [-0.2, -0.15) is 0 Å². The Balaban J connectivity index is 0.000000555. The first-order chi connectivity index (χ1) is 8.53. The minimum Gasteiger partial charge on any atom is -0.748 e. The van der Waals surface area contributed by atoms with Crippen LogP contribution in [0.1, 0.15) is 20.3 Å². The molecule has 7 nitrogen and oxygen atoms in total. The number of hydrogen-bond acceptors (Lipinski definition) is 5. The number of ether oxygens (including phenoxy) is 1. The first-order valence-corrected chi connectivity index (χ1v) is 7.61. The Morgan fingerprint density at radius 1 is 1.63 bits per heavy atom. The summed E-state index contributed by atoms with van der Waals surface area (Å²) in [6.07, 6.45) is 3.20. The first-order valence-electron chi connectivity index (χ1n) is 5.80. The topological polar surface area (TPSA) is 114 Å². The van der Waals surface area contributed by atoms with Gasteiger partial charge in [0.05, 0.1) is 22.8 Å². The van der Waals surface area contributed by atoms with Crippen LogP contribution in [0.2, 0.25) is 0 Å². The highest BCUT2D eigenvalue weighted by molar-refractivity contribution is 7.84. The van der Waals surface area contributed by atoms with Crippen molar-refractivity contribution in [1.29, 1.82) is 0 Å². The van der Waals surface area contributed by atoms with E-state index in [0.717, 1.165) is 6.42 Å². The van der Waals surface area contributed by atoms with Crippen LogP contribution in [0, 0.1) is 0 Å². The summed E-state index contributed by atoms with van der Waals surface area (Å²) < 4.78 is 32.8. The average molecular weight is 294 g/mol. The molecule has 0 radical (unpaired) electrons. The SMILES string of the molecule is C=CC[C@H]1COC(C)(C)N1C(=O)C[NH3+].CS(=O)(=O)[O-]. The Labute approximate surface area is 114 Å². The third kappa shape index (κ3) is 6.67. The van der Waals surface area contributed by atoms with Crippen molar-refractivity contribution in [2.45, 2.75) is 32.0 Å². The molecule has 0 aromatic rings. The summed E-state index contributed by atoms with van der Waals surface area (Å²) in [6.45, 7) is 8.36. The molecule has 0 aromatic heterocycles. The zero-order valence-corrected chi connectivity index (χ0v) is 12.4. The highest BCUT2D eigenvalue weighted by Gasteiger charge is 2.42. The molecule has 0 spiro atoms. The number of amides is 1. The van der Waals surface area contributed by atoms with Crippen molar-refractivity contribution in [2.24, 2.45) is 0 Å². The van der Waals surface area contributed by atoms with Crippen molar-refractivity contribution in [3.8, 4) is 0 Å². The average Bonchev–Trinajstić information content (AvgIpc) is 2.51. The molecule has 112 valence electrons. The molecule has 0 aromatic carbocycles. The Kier molecular flexibility index (Phi) is 6.64. The molecule has 0 aliphatic carbocycles. The van der Waals surface area contributed by atoms with Gasteiger partial charge in [0.1, 0.15) is 5.72 Å². The standard InChI is InChI=1S/C10H18N2O2.CH4O3S/c1-4-5-8-7-14-10(2,3)12(8)9(13)6-11;1-5(2,3)4/h4,8H,1,5-7,11H2,2-3H3;1H3,(H,2,3,4)/t8-;/m0./s1. The monoisotopic (exact) mass is 294 g/mol. The maximum absolute atomic E-state index is 11.7.